The van der Waals surface area contributed by atoms with E-state index in [0.717, 1.165) is 6.54 Å². The van der Waals surface area contributed by atoms with Gasteiger partial charge in [0.1, 0.15) is 0 Å². The van der Waals surface area contributed by atoms with Crippen LogP contribution in [0.4, 0.5) is 0 Å². The Bertz CT molecular complexity index is 338. The Balaban J connectivity index is 0.000000963. The van der Waals surface area contributed by atoms with Crippen molar-refractivity contribution in [3.63, 3.8) is 0 Å². The summed E-state index contributed by atoms with van der Waals surface area (Å²) in [5.74, 6) is 0. The van der Waals surface area contributed by atoms with Gasteiger partial charge in [-0.15, -0.1) is 12.4 Å². The van der Waals surface area contributed by atoms with Crippen LogP contribution in [-0.4, -0.2) is 6.54 Å². The summed E-state index contributed by atoms with van der Waals surface area (Å²) in [6, 6.07) is 4.97. The van der Waals surface area contributed by atoms with Crippen LogP contribution in [0.15, 0.2) is 12.1 Å². The molecule has 2 heteroatoms. The van der Waals surface area contributed by atoms with Crippen molar-refractivity contribution in [1.29, 1.82) is 0 Å². The van der Waals surface area contributed by atoms with Crippen LogP contribution >= 0.6 is 12.4 Å². The normalized spacial score (nSPS) is 19.0. The first kappa shape index (κ1) is 11.9. The van der Waals surface area contributed by atoms with Crippen molar-refractivity contribution < 1.29 is 0 Å². The van der Waals surface area contributed by atoms with E-state index in [4.69, 9.17) is 0 Å². The molecule has 0 saturated carbocycles. The maximum atomic E-state index is 3.51. The molecule has 0 amide bonds. The second kappa shape index (κ2) is 5.20. The minimum Gasteiger partial charge on any atom is -0.313 e. The fourth-order valence-corrected chi connectivity index (χ4v) is 2.91. The van der Waals surface area contributed by atoms with Crippen LogP contribution in [0.1, 0.15) is 41.5 Å². The Hall–Kier alpha value is -0.530. The van der Waals surface area contributed by atoms with Gasteiger partial charge in [-0.25, -0.2) is 0 Å². The van der Waals surface area contributed by atoms with Crippen LogP contribution in [-0.2, 0) is 25.8 Å². The molecule has 0 atom stereocenters. The van der Waals surface area contributed by atoms with Crippen LogP contribution in [0.25, 0.3) is 0 Å². The standard InChI is InChI=1S/C14H19N.ClH/c1-2-5-12-9-14-10-15-7-3-6-13(14)8-11(12)4-1;/h8-9,15H,1-7,10H2;1H. The monoisotopic (exact) mass is 237 g/mol. The van der Waals surface area contributed by atoms with Crippen LogP contribution in [0.5, 0.6) is 0 Å². The number of nitrogens with one attached hydrogen (secondary N) is 1. The first-order valence-electron chi connectivity index (χ1n) is 6.28. The Kier molecular flexibility index (Phi) is 3.88. The fourth-order valence-electron chi connectivity index (χ4n) is 2.91. The summed E-state index contributed by atoms with van der Waals surface area (Å²) in [5.41, 5.74) is 6.44. The molecule has 1 nitrogen and oxygen atoms in total. The predicted octanol–water partition coefficient (Wildman–Crippen LogP) is 3.02. The highest BCUT2D eigenvalue weighted by Crippen LogP contribution is 2.26. The van der Waals surface area contributed by atoms with Crippen molar-refractivity contribution >= 4 is 12.4 Å². The van der Waals surface area contributed by atoms with Gasteiger partial charge in [-0.1, -0.05) is 12.1 Å². The van der Waals surface area contributed by atoms with Crippen molar-refractivity contribution in [3.8, 4) is 0 Å². The highest BCUT2D eigenvalue weighted by Gasteiger charge is 2.14. The molecule has 1 aliphatic carbocycles. The molecule has 3 rings (SSSR count). The third-order valence-corrected chi connectivity index (χ3v) is 3.78. The van der Waals surface area contributed by atoms with Gasteiger partial charge >= 0.3 is 0 Å². The lowest BCUT2D eigenvalue weighted by molar-refractivity contribution is 0.676. The summed E-state index contributed by atoms with van der Waals surface area (Å²) < 4.78 is 0. The van der Waals surface area contributed by atoms with E-state index >= 15 is 0 Å². The Labute approximate surface area is 104 Å². The molecule has 2 aliphatic rings. The van der Waals surface area contributed by atoms with Crippen molar-refractivity contribution in [3.05, 3.63) is 34.4 Å². The summed E-state index contributed by atoms with van der Waals surface area (Å²) in [7, 11) is 0. The van der Waals surface area contributed by atoms with E-state index < -0.39 is 0 Å². The van der Waals surface area contributed by atoms with E-state index in [9.17, 15) is 0 Å². The lowest BCUT2D eigenvalue weighted by Crippen LogP contribution is -2.12. The number of fused-ring (bicyclic) bond motifs is 2. The lowest BCUT2D eigenvalue weighted by Gasteiger charge is -2.18. The Morgan fingerprint density at radius 3 is 2.06 bits per heavy atom. The van der Waals surface area contributed by atoms with Crippen LogP contribution in [0.2, 0.25) is 0 Å². The summed E-state index contributed by atoms with van der Waals surface area (Å²) in [4.78, 5) is 0. The number of hydrogen-bond acceptors (Lipinski definition) is 1. The van der Waals surface area contributed by atoms with Crippen molar-refractivity contribution in [2.24, 2.45) is 0 Å². The summed E-state index contributed by atoms with van der Waals surface area (Å²) >= 11 is 0. The zero-order valence-corrected chi connectivity index (χ0v) is 10.5. The van der Waals surface area contributed by atoms with Crippen molar-refractivity contribution in [2.45, 2.75) is 45.1 Å². The molecule has 0 bridgehead atoms. The molecule has 16 heavy (non-hydrogen) atoms. The predicted molar refractivity (Wildman–Crippen MR) is 70.4 cm³/mol. The number of rotatable bonds is 0. The Morgan fingerprint density at radius 1 is 0.750 bits per heavy atom. The summed E-state index contributed by atoms with van der Waals surface area (Å²) in [5, 5.41) is 3.51. The van der Waals surface area contributed by atoms with E-state index in [2.05, 4.69) is 17.4 Å². The minimum atomic E-state index is 0. The number of halogens is 1. The van der Waals surface area contributed by atoms with Crippen molar-refractivity contribution in [2.75, 3.05) is 6.54 Å². The zero-order chi connectivity index (χ0) is 10.1. The van der Waals surface area contributed by atoms with E-state index in [1.54, 1.807) is 22.3 Å². The first-order chi connectivity index (χ1) is 7.43. The molecule has 0 fully saturated rings. The van der Waals surface area contributed by atoms with Crippen LogP contribution in [0.3, 0.4) is 0 Å². The fraction of sp³-hybridized carbons (Fsp3) is 0.571. The summed E-state index contributed by atoms with van der Waals surface area (Å²) in [6.07, 6.45) is 7.98. The molecular formula is C14H20ClN. The molecule has 0 aromatic heterocycles. The van der Waals surface area contributed by atoms with E-state index in [1.807, 2.05) is 0 Å². The highest BCUT2D eigenvalue weighted by molar-refractivity contribution is 5.85. The third-order valence-electron chi connectivity index (χ3n) is 3.78. The number of benzene rings is 1. The largest absolute Gasteiger partial charge is 0.313 e. The zero-order valence-electron chi connectivity index (χ0n) is 9.72. The van der Waals surface area contributed by atoms with Crippen LogP contribution < -0.4 is 5.32 Å². The number of aryl methyl sites for hydroxylation is 3. The molecule has 88 valence electrons. The molecule has 1 aliphatic heterocycles. The average Bonchev–Trinajstić information content (AvgIpc) is 2.50. The smallest absolute Gasteiger partial charge is 0.0208 e. The second-order valence-electron chi connectivity index (χ2n) is 4.88. The molecular weight excluding hydrogens is 218 g/mol. The van der Waals surface area contributed by atoms with Gasteiger partial charge < -0.3 is 5.32 Å². The van der Waals surface area contributed by atoms with Gasteiger partial charge in [0.2, 0.25) is 0 Å². The topological polar surface area (TPSA) is 12.0 Å². The van der Waals surface area contributed by atoms with Gasteiger partial charge in [0.05, 0.1) is 0 Å². The first-order valence-corrected chi connectivity index (χ1v) is 6.28. The molecule has 0 saturated heterocycles. The molecule has 1 N–H and O–H groups in total. The van der Waals surface area contributed by atoms with Gasteiger partial charge in [-0.3, -0.25) is 0 Å². The second-order valence-corrected chi connectivity index (χ2v) is 4.88. The Morgan fingerprint density at radius 2 is 1.31 bits per heavy atom. The molecule has 1 heterocycles. The average molecular weight is 238 g/mol. The van der Waals surface area contributed by atoms with Gasteiger partial charge in [0.25, 0.3) is 0 Å². The quantitative estimate of drug-likeness (QED) is 0.732. The van der Waals surface area contributed by atoms with E-state index in [1.165, 1.54) is 45.1 Å². The van der Waals surface area contributed by atoms with Gasteiger partial charge in [-0.2, -0.15) is 0 Å². The van der Waals surface area contributed by atoms with Gasteiger partial charge in [0, 0.05) is 6.54 Å². The SMILES string of the molecule is Cl.c1c2c(cc3c1CCCNC3)CCCC2. The maximum Gasteiger partial charge on any atom is 0.0208 e. The van der Waals surface area contributed by atoms with Crippen molar-refractivity contribution in [1.82, 2.24) is 5.32 Å². The number of hydrogen-bond donors (Lipinski definition) is 1. The molecule has 1 aromatic carbocycles. The molecule has 1 aromatic rings. The van der Waals surface area contributed by atoms with Gasteiger partial charge in [0.15, 0.2) is 0 Å². The highest BCUT2D eigenvalue weighted by atomic mass is 35.5. The van der Waals surface area contributed by atoms with Crippen LogP contribution in [0, 0.1) is 0 Å². The lowest BCUT2D eigenvalue weighted by atomic mass is 9.87. The maximum absolute atomic E-state index is 3.51. The molecule has 0 radical (unpaired) electrons. The van der Waals surface area contributed by atoms with E-state index in [0.29, 0.717) is 0 Å². The summed E-state index contributed by atoms with van der Waals surface area (Å²) in [6.45, 7) is 2.27. The van der Waals surface area contributed by atoms with E-state index in [-0.39, 0.29) is 12.4 Å². The molecule has 0 unspecified atom stereocenters. The minimum absolute atomic E-state index is 0. The molecule has 0 spiro atoms. The van der Waals surface area contributed by atoms with Gasteiger partial charge in [-0.05, 0) is 67.3 Å². The third kappa shape index (κ3) is 2.26.